The fourth-order valence-corrected chi connectivity index (χ4v) is 3.24. The van der Waals surface area contributed by atoms with Crippen LogP contribution in [-0.4, -0.2) is 46.4 Å². The molecule has 9 heteroatoms. The topological polar surface area (TPSA) is 105 Å². The molecule has 25 heavy (non-hydrogen) atoms. The van der Waals surface area contributed by atoms with E-state index in [0.717, 1.165) is 11.1 Å². The number of aliphatic hydroxyl groups excluding tert-OH is 1. The first-order valence-corrected chi connectivity index (χ1v) is 8.48. The quantitative estimate of drug-likeness (QED) is 0.650. The Labute approximate surface area is 151 Å². The summed E-state index contributed by atoms with van der Waals surface area (Å²) in [6, 6.07) is 5.56. The van der Waals surface area contributed by atoms with Crippen molar-refractivity contribution >= 4 is 27.7 Å². The van der Waals surface area contributed by atoms with Crippen molar-refractivity contribution < 1.29 is 23.8 Å². The second-order valence-electron chi connectivity index (χ2n) is 5.93. The summed E-state index contributed by atoms with van der Waals surface area (Å²) < 4.78 is 20.8. The number of ether oxygens (including phenoxy) is 1. The predicted octanol–water partition coefficient (Wildman–Crippen LogP) is 1.62. The maximum Gasteiger partial charge on any atom is 0.325 e. The molecule has 0 spiro atoms. The average Bonchev–Trinajstić information content (AvgIpc) is 3.06. The van der Waals surface area contributed by atoms with E-state index in [1.165, 1.54) is 12.1 Å². The number of nitrogens with one attached hydrogen (secondary N) is 1. The molecule has 2 amide bonds. The maximum absolute atomic E-state index is 14.7. The second kappa shape index (κ2) is 6.83. The van der Waals surface area contributed by atoms with Crippen LogP contribution in [0.15, 0.2) is 40.8 Å². The van der Waals surface area contributed by atoms with Crippen molar-refractivity contribution in [3.05, 3.63) is 46.3 Å². The third-order valence-corrected chi connectivity index (χ3v) is 4.70. The number of nitrogens with zero attached hydrogens (tertiary/aromatic N) is 1. The van der Waals surface area contributed by atoms with E-state index in [2.05, 4.69) is 21.2 Å². The van der Waals surface area contributed by atoms with Crippen molar-refractivity contribution in [2.24, 2.45) is 5.73 Å². The molecule has 7 nitrogen and oxygen atoms in total. The van der Waals surface area contributed by atoms with Gasteiger partial charge in [0, 0.05) is 16.2 Å². The van der Waals surface area contributed by atoms with Crippen molar-refractivity contribution in [2.75, 3.05) is 6.61 Å². The fraction of sp³-hybridized carbons (Fsp3) is 0.375. The minimum absolute atomic E-state index is 0.159. The van der Waals surface area contributed by atoms with Crippen LogP contribution in [0, 0.1) is 0 Å². The number of Topliss-reactive ketones (excluding diaryl/α,β-unsaturated/α-hetero) is 1. The van der Waals surface area contributed by atoms with Gasteiger partial charge in [0.25, 0.3) is 0 Å². The number of hydrogen-bond acceptors (Lipinski definition) is 5. The van der Waals surface area contributed by atoms with Crippen LogP contribution in [0.3, 0.4) is 0 Å². The van der Waals surface area contributed by atoms with Crippen molar-refractivity contribution in [2.45, 2.75) is 30.8 Å². The number of nitrogens with two attached hydrogens (primary N) is 1. The molecule has 0 aliphatic carbocycles. The molecule has 1 fully saturated rings. The highest BCUT2D eigenvalue weighted by Crippen LogP contribution is 2.29. The van der Waals surface area contributed by atoms with Crippen LogP contribution in [0.5, 0.6) is 0 Å². The number of carbonyl (C=O) groups is 2. The summed E-state index contributed by atoms with van der Waals surface area (Å²) in [5, 5.41) is 11.3. The third kappa shape index (κ3) is 3.32. The van der Waals surface area contributed by atoms with E-state index in [1.54, 1.807) is 12.1 Å². The predicted molar refractivity (Wildman–Crippen MR) is 89.9 cm³/mol. The number of ketones is 1. The molecule has 1 aromatic rings. The average molecular weight is 414 g/mol. The minimum Gasteiger partial charge on any atom is -0.394 e. The Morgan fingerprint density at radius 3 is 2.92 bits per heavy atom. The van der Waals surface area contributed by atoms with Gasteiger partial charge in [-0.3, -0.25) is 15.4 Å². The van der Waals surface area contributed by atoms with Crippen LogP contribution in [-0.2, 0) is 4.74 Å². The van der Waals surface area contributed by atoms with Crippen molar-refractivity contribution in [1.29, 1.82) is 0 Å². The van der Waals surface area contributed by atoms with Gasteiger partial charge in [0.2, 0.25) is 11.4 Å². The molecule has 2 heterocycles. The van der Waals surface area contributed by atoms with E-state index in [-0.39, 0.29) is 12.2 Å². The lowest BCUT2D eigenvalue weighted by atomic mass is 9.96. The lowest BCUT2D eigenvalue weighted by molar-refractivity contribution is -0.0394. The number of urea groups is 1. The molecule has 4 N–H and O–H groups in total. The molecule has 0 radical (unpaired) electrons. The molecule has 2 aliphatic rings. The minimum atomic E-state index is -2.27. The number of amides is 2. The zero-order chi connectivity index (χ0) is 18.2. The molecule has 1 aromatic carbocycles. The number of hydrogen-bond donors (Lipinski definition) is 3. The number of rotatable bonds is 4. The van der Waals surface area contributed by atoms with Crippen molar-refractivity contribution in [1.82, 2.24) is 10.2 Å². The zero-order valence-corrected chi connectivity index (χ0v) is 14.7. The lowest BCUT2D eigenvalue weighted by Gasteiger charge is -2.37. The Hall–Kier alpha value is -1.81. The highest BCUT2D eigenvalue weighted by atomic mass is 79.9. The van der Waals surface area contributed by atoms with Crippen LogP contribution in [0.2, 0.25) is 0 Å². The summed E-state index contributed by atoms with van der Waals surface area (Å²) in [6.07, 6.45) is 0.764. The van der Waals surface area contributed by atoms with Gasteiger partial charge in [-0.25, -0.2) is 9.18 Å². The monoisotopic (exact) mass is 413 g/mol. The Balaban J connectivity index is 1.86. The largest absolute Gasteiger partial charge is 0.394 e. The molecule has 2 aliphatic heterocycles. The van der Waals surface area contributed by atoms with Gasteiger partial charge >= 0.3 is 6.03 Å². The van der Waals surface area contributed by atoms with Gasteiger partial charge in [0.05, 0.1) is 12.7 Å². The molecule has 3 rings (SSSR count). The highest BCUT2D eigenvalue weighted by molar-refractivity contribution is 9.10. The molecule has 0 saturated carbocycles. The molecule has 134 valence electrons. The van der Waals surface area contributed by atoms with Gasteiger partial charge in [0.1, 0.15) is 6.23 Å². The van der Waals surface area contributed by atoms with E-state index < -0.39 is 35.6 Å². The molecule has 3 atom stereocenters. The van der Waals surface area contributed by atoms with Gasteiger partial charge < -0.3 is 15.2 Å². The van der Waals surface area contributed by atoms with E-state index in [0.29, 0.717) is 17.3 Å². The summed E-state index contributed by atoms with van der Waals surface area (Å²) in [4.78, 5) is 26.0. The number of halogens is 2. The van der Waals surface area contributed by atoms with E-state index >= 15 is 0 Å². The molecule has 0 bridgehead atoms. The molecule has 0 aromatic heterocycles. The normalized spacial score (nSPS) is 29.4. The first kappa shape index (κ1) is 18.0. The Morgan fingerprint density at radius 2 is 2.28 bits per heavy atom. The summed E-state index contributed by atoms with van der Waals surface area (Å²) in [5.74, 6) is -1.76. The fourth-order valence-electron chi connectivity index (χ4n) is 2.84. The molecular formula is C16H17BrFN3O4. The molecular weight excluding hydrogens is 397 g/mol. The number of aliphatic hydroxyl groups is 1. The van der Waals surface area contributed by atoms with E-state index in [1.807, 2.05) is 0 Å². The summed E-state index contributed by atoms with van der Waals surface area (Å²) in [7, 11) is 0. The third-order valence-electron chi connectivity index (χ3n) is 4.21. The van der Waals surface area contributed by atoms with Crippen LogP contribution in [0.25, 0.3) is 0 Å². The van der Waals surface area contributed by atoms with Crippen LogP contribution >= 0.6 is 15.9 Å². The van der Waals surface area contributed by atoms with Crippen molar-refractivity contribution in [3.8, 4) is 0 Å². The van der Waals surface area contributed by atoms with E-state index in [4.69, 9.17) is 15.6 Å². The van der Waals surface area contributed by atoms with Crippen LogP contribution in [0.1, 0.15) is 23.2 Å². The number of carbonyl (C=O) groups excluding carboxylic acids is 2. The Morgan fingerprint density at radius 1 is 1.52 bits per heavy atom. The summed E-state index contributed by atoms with van der Waals surface area (Å²) in [5.41, 5.74) is 3.77. The van der Waals surface area contributed by atoms with Gasteiger partial charge in [-0.05, 0) is 25.0 Å². The molecule has 1 unspecified atom stereocenters. The SMILES string of the molecule is NC1(C(=O)c2cccc(Br)c2)NC(=O)N([C@H]2CC[C@@H](CO)O2)C=C1F. The van der Waals surface area contributed by atoms with Gasteiger partial charge in [-0.1, -0.05) is 28.1 Å². The maximum atomic E-state index is 14.7. The standard InChI is InChI=1S/C16H17BrFN3O4/c17-10-3-1-2-9(6-10)14(23)16(19)12(18)7-21(15(24)20-16)13-5-4-11(8-22)25-13/h1-3,6-7,11,13,22H,4-5,8,19H2,(H,20,24)/t11-,13+,16?/m0/s1. The van der Waals surface area contributed by atoms with Crippen LogP contribution in [0.4, 0.5) is 9.18 Å². The first-order valence-electron chi connectivity index (χ1n) is 7.69. The lowest BCUT2D eigenvalue weighted by Crippen LogP contribution is -2.67. The smallest absolute Gasteiger partial charge is 0.325 e. The van der Waals surface area contributed by atoms with Crippen LogP contribution < -0.4 is 11.1 Å². The summed E-state index contributed by atoms with van der Waals surface area (Å²) >= 11 is 3.23. The van der Waals surface area contributed by atoms with Gasteiger partial charge in [-0.15, -0.1) is 0 Å². The van der Waals surface area contributed by atoms with Gasteiger partial charge in [-0.2, -0.15) is 0 Å². The van der Waals surface area contributed by atoms with Crippen molar-refractivity contribution in [3.63, 3.8) is 0 Å². The van der Waals surface area contributed by atoms with E-state index in [9.17, 15) is 14.0 Å². The first-order chi connectivity index (χ1) is 11.8. The van der Waals surface area contributed by atoms with Gasteiger partial charge in [0.15, 0.2) is 5.83 Å². The highest BCUT2D eigenvalue weighted by Gasteiger charge is 2.47. The zero-order valence-electron chi connectivity index (χ0n) is 13.1. The number of benzene rings is 1. The summed E-state index contributed by atoms with van der Waals surface area (Å²) in [6.45, 7) is -0.180. The Kier molecular flexibility index (Phi) is 4.92. The second-order valence-corrected chi connectivity index (χ2v) is 6.85. The molecule has 1 saturated heterocycles. The Bertz CT molecular complexity index is 744.